The molecule has 35 heavy (non-hydrogen) atoms. The van der Waals surface area contributed by atoms with E-state index < -0.39 is 0 Å². The van der Waals surface area contributed by atoms with Crippen molar-refractivity contribution >= 4 is 23.0 Å². The second-order valence-electron chi connectivity index (χ2n) is 13.0. The maximum absolute atomic E-state index is 13.1. The third-order valence-corrected chi connectivity index (χ3v) is 12.4. The third-order valence-electron chi connectivity index (χ3n) is 11.4. The number of nitrogens with one attached hydrogen (secondary N) is 1. The highest BCUT2D eigenvalue weighted by Crippen LogP contribution is 2.68. The van der Waals surface area contributed by atoms with Gasteiger partial charge in [-0.2, -0.15) is 0 Å². The largest absolute Gasteiger partial charge is 0.393 e. The van der Waals surface area contributed by atoms with Gasteiger partial charge >= 0.3 is 0 Å². The van der Waals surface area contributed by atoms with Crippen LogP contribution in [0.4, 0.5) is 0 Å². The van der Waals surface area contributed by atoms with E-state index in [1.165, 1.54) is 30.6 Å². The quantitative estimate of drug-likeness (QED) is 0.467. The Balaban J connectivity index is 1.28. The van der Waals surface area contributed by atoms with Crippen LogP contribution in [0.5, 0.6) is 0 Å². The Bertz CT molecular complexity index is 930. The SMILES string of the molecule is CC[C@@H](NC(=O)C[C@@H](C)C1CC[C@H]2[C@@H]3[C@H](O)C[C@@H]4CC(=O)CC[C@]4(C)[C@H]3CC[C@]12C)c1cccs1. The van der Waals surface area contributed by atoms with Gasteiger partial charge in [0.2, 0.25) is 5.91 Å². The predicted octanol–water partition coefficient (Wildman–Crippen LogP) is 6.54. The van der Waals surface area contributed by atoms with Crippen LogP contribution in [-0.2, 0) is 9.59 Å². The molecule has 4 fully saturated rings. The van der Waals surface area contributed by atoms with Gasteiger partial charge < -0.3 is 10.4 Å². The number of rotatable bonds is 6. The monoisotopic (exact) mass is 499 g/mol. The van der Waals surface area contributed by atoms with Crippen molar-refractivity contribution in [3.05, 3.63) is 22.4 Å². The molecular weight excluding hydrogens is 454 g/mol. The topological polar surface area (TPSA) is 66.4 Å². The lowest BCUT2D eigenvalue weighted by molar-refractivity contribution is -0.169. The summed E-state index contributed by atoms with van der Waals surface area (Å²) in [4.78, 5) is 26.5. The number of fused-ring (bicyclic) bond motifs is 5. The Kier molecular flexibility index (Phi) is 6.98. The molecule has 5 heteroatoms. The summed E-state index contributed by atoms with van der Waals surface area (Å²) in [5.41, 5.74) is 0.410. The smallest absolute Gasteiger partial charge is 0.220 e. The molecule has 10 atom stereocenters. The fraction of sp³-hybridized carbons (Fsp3) is 0.800. The zero-order valence-corrected chi connectivity index (χ0v) is 22.9. The Morgan fingerprint density at radius 2 is 1.97 bits per heavy atom. The summed E-state index contributed by atoms with van der Waals surface area (Å²) in [5, 5.41) is 16.8. The van der Waals surface area contributed by atoms with E-state index in [2.05, 4.69) is 50.5 Å². The number of carbonyl (C=O) groups excluding carboxylic acids is 2. The standard InChI is InChI=1S/C30H45NO3S/c1-5-24(26-7-6-14-35-26)31-27(34)15-18(2)21-8-9-22-28-23(11-13-30(21,22)4)29(3)12-10-20(32)16-19(29)17-25(28)33/h6-7,14,18-19,21-25,28,33H,5,8-13,15-17H2,1-4H3,(H,31,34)/t18-,19+,21?,22+,23+,24-,25-,28+,29+,30-/m1/s1. The van der Waals surface area contributed by atoms with Gasteiger partial charge in [-0.3, -0.25) is 9.59 Å². The number of aliphatic hydroxyl groups excluding tert-OH is 1. The summed E-state index contributed by atoms with van der Waals surface area (Å²) < 4.78 is 0. The number of aliphatic hydroxyl groups is 1. The minimum atomic E-state index is -0.276. The Morgan fingerprint density at radius 1 is 1.20 bits per heavy atom. The zero-order chi connectivity index (χ0) is 25.0. The van der Waals surface area contributed by atoms with Crippen LogP contribution in [0.2, 0.25) is 0 Å². The summed E-state index contributed by atoms with van der Waals surface area (Å²) in [6.45, 7) is 9.34. The van der Waals surface area contributed by atoms with E-state index in [9.17, 15) is 14.7 Å². The molecule has 4 aliphatic rings. The van der Waals surface area contributed by atoms with Crippen molar-refractivity contribution in [2.24, 2.45) is 46.3 Å². The van der Waals surface area contributed by atoms with Crippen LogP contribution < -0.4 is 5.32 Å². The molecule has 1 unspecified atom stereocenters. The number of hydrogen-bond acceptors (Lipinski definition) is 4. The number of amides is 1. The highest BCUT2D eigenvalue weighted by atomic mass is 32.1. The van der Waals surface area contributed by atoms with Crippen LogP contribution >= 0.6 is 11.3 Å². The van der Waals surface area contributed by atoms with Gasteiger partial charge in [0.15, 0.2) is 0 Å². The average Bonchev–Trinajstić information content (AvgIpc) is 3.46. The van der Waals surface area contributed by atoms with Crippen molar-refractivity contribution in [2.75, 3.05) is 0 Å². The minimum Gasteiger partial charge on any atom is -0.393 e. The molecule has 0 aliphatic heterocycles. The Labute approximate surface area is 215 Å². The zero-order valence-electron chi connectivity index (χ0n) is 22.1. The van der Waals surface area contributed by atoms with Crippen LogP contribution in [0.15, 0.2) is 17.5 Å². The number of carbonyl (C=O) groups is 2. The minimum absolute atomic E-state index is 0.116. The molecule has 0 bridgehead atoms. The first-order valence-electron chi connectivity index (χ1n) is 14.2. The lowest BCUT2D eigenvalue weighted by Crippen LogP contribution is -2.58. The summed E-state index contributed by atoms with van der Waals surface area (Å²) in [6.07, 6.45) is 9.17. The molecule has 2 N–H and O–H groups in total. The van der Waals surface area contributed by atoms with Crippen molar-refractivity contribution in [1.82, 2.24) is 5.32 Å². The van der Waals surface area contributed by atoms with Crippen LogP contribution in [0, 0.1) is 46.3 Å². The van der Waals surface area contributed by atoms with Gasteiger partial charge in [0.05, 0.1) is 12.1 Å². The molecule has 194 valence electrons. The third kappa shape index (κ3) is 4.33. The molecule has 0 aromatic carbocycles. The van der Waals surface area contributed by atoms with Crippen molar-refractivity contribution in [3.63, 3.8) is 0 Å². The van der Waals surface area contributed by atoms with E-state index in [0.29, 0.717) is 54.1 Å². The molecule has 4 saturated carbocycles. The van der Waals surface area contributed by atoms with Crippen LogP contribution in [0.25, 0.3) is 0 Å². The number of thiophene rings is 1. The number of hydrogen-bond donors (Lipinski definition) is 2. The Hall–Kier alpha value is -1.20. The summed E-state index contributed by atoms with van der Waals surface area (Å²) in [6, 6.07) is 4.29. The summed E-state index contributed by atoms with van der Waals surface area (Å²) in [5.74, 6) is 3.25. The van der Waals surface area contributed by atoms with Crippen LogP contribution in [0.1, 0.15) is 103 Å². The highest BCUT2D eigenvalue weighted by Gasteiger charge is 2.62. The van der Waals surface area contributed by atoms with Crippen molar-refractivity contribution in [1.29, 1.82) is 0 Å². The van der Waals surface area contributed by atoms with E-state index in [0.717, 1.165) is 25.7 Å². The van der Waals surface area contributed by atoms with Crippen LogP contribution in [0.3, 0.4) is 0 Å². The lowest BCUT2D eigenvalue weighted by Gasteiger charge is -2.61. The van der Waals surface area contributed by atoms with E-state index >= 15 is 0 Å². The molecule has 4 aliphatic carbocycles. The van der Waals surface area contributed by atoms with Crippen LogP contribution in [-0.4, -0.2) is 22.9 Å². The molecule has 0 radical (unpaired) electrons. The van der Waals surface area contributed by atoms with Gasteiger partial charge in [-0.25, -0.2) is 0 Å². The van der Waals surface area contributed by atoms with Gasteiger partial charge in [-0.15, -0.1) is 11.3 Å². The molecule has 5 rings (SSSR count). The maximum Gasteiger partial charge on any atom is 0.220 e. The molecule has 4 nitrogen and oxygen atoms in total. The number of Topliss-reactive ketones (excluding diaryl/α,β-unsaturated/α-hetero) is 1. The van der Waals surface area contributed by atoms with Gasteiger partial charge in [0.1, 0.15) is 5.78 Å². The second-order valence-corrected chi connectivity index (χ2v) is 14.0. The van der Waals surface area contributed by atoms with E-state index in [-0.39, 0.29) is 28.9 Å². The lowest BCUT2D eigenvalue weighted by atomic mass is 9.44. The van der Waals surface area contributed by atoms with E-state index in [1.807, 2.05) is 0 Å². The molecule has 0 spiro atoms. The van der Waals surface area contributed by atoms with E-state index in [4.69, 9.17) is 0 Å². The normalized spacial score (nSPS) is 42.5. The Morgan fingerprint density at radius 3 is 2.69 bits per heavy atom. The first-order chi connectivity index (χ1) is 16.7. The van der Waals surface area contributed by atoms with Crippen molar-refractivity contribution in [2.45, 2.75) is 104 Å². The molecule has 1 aromatic heterocycles. The highest BCUT2D eigenvalue weighted by molar-refractivity contribution is 7.10. The van der Waals surface area contributed by atoms with E-state index in [1.54, 1.807) is 11.3 Å². The second kappa shape index (κ2) is 9.59. The molecule has 1 heterocycles. The van der Waals surface area contributed by atoms with Crippen molar-refractivity contribution in [3.8, 4) is 0 Å². The fourth-order valence-electron chi connectivity index (χ4n) is 9.54. The predicted molar refractivity (Wildman–Crippen MR) is 141 cm³/mol. The molecule has 0 saturated heterocycles. The van der Waals surface area contributed by atoms with Crippen molar-refractivity contribution < 1.29 is 14.7 Å². The average molecular weight is 500 g/mol. The molecule has 1 amide bonds. The fourth-order valence-corrected chi connectivity index (χ4v) is 10.4. The molecular formula is C30H45NO3S. The first kappa shape index (κ1) is 25.4. The molecule has 1 aromatic rings. The number of ketones is 1. The summed E-state index contributed by atoms with van der Waals surface area (Å²) in [7, 11) is 0. The van der Waals surface area contributed by atoms with Gasteiger partial charge in [-0.05, 0) is 103 Å². The first-order valence-corrected chi connectivity index (χ1v) is 15.1. The summed E-state index contributed by atoms with van der Waals surface area (Å²) >= 11 is 1.72. The van der Waals surface area contributed by atoms with Gasteiger partial charge in [-0.1, -0.05) is 33.8 Å². The van der Waals surface area contributed by atoms with Gasteiger partial charge in [0, 0.05) is 24.1 Å². The maximum atomic E-state index is 13.1. The van der Waals surface area contributed by atoms with Gasteiger partial charge in [0.25, 0.3) is 0 Å².